The Kier molecular flexibility index (Phi) is 6.95. The molecule has 186 valence electrons. The second-order valence-corrected chi connectivity index (χ2v) is 13.1. The number of likely N-dealkylation sites (tertiary alicyclic amines) is 1. The molecule has 2 aliphatic rings. The molecule has 0 spiro atoms. The van der Waals surface area contributed by atoms with Crippen LogP contribution in [0, 0.1) is 5.92 Å². The molecule has 1 aromatic carbocycles. The topological polar surface area (TPSA) is 40.5 Å². The molecule has 2 fully saturated rings. The van der Waals surface area contributed by atoms with E-state index in [0.717, 1.165) is 50.5 Å². The summed E-state index contributed by atoms with van der Waals surface area (Å²) in [4.78, 5) is 18.9. The van der Waals surface area contributed by atoms with Crippen LogP contribution in [-0.4, -0.2) is 29.0 Å². The van der Waals surface area contributed by atoms with Gasteiger partial charge in [0.2, 0.25) is 0 Å². The molecule has 1 amide bonds. The Labute approximate surface area is 217 Å². The average molecular weight is 508 g/mol. The first-order valence-electron chi connectivity index (χ1n) is 13.0. The number of piperidine rings is 1. The van der Waals surface area contributed by atoms with Crippen LogP contribution in [0.3, 0.4) is 0 Å². The number of benzene rings is 1. The summed E-state index contributed by atoms with van der Waals surface area (Å²) in [7, 11) is 0. The summed E-state index contributed by atoms with van der Waals surface area (Å²) >= 11 is 3.69. The molecule has 1 saturated carbocycles. The van der Waals surface area contributed by atoms with Crippen molar-refractivity contribution in [3.8, 4) is 0 Å². The largest absolute Gasteiger partial charge is 0.375 e. The molecule has 3 aromatic rings. The van der Waals surface area contributed by atoms with Crippen molar-refractivity contribution in [2.24, 2.45) is 5.92 Å². The standard InChI is InChI=1S/C30H37NO2S2/c1-28(2,25-14-8-20-34-25)22-29(26-15-9-21-35-26)16-18-31(19-17-29)27(32)30(33,24-12-6-7-13-24)23-10-4-3-5-11-23/h3-5,8-11,14-15,20-21,24,33H,6-7,12-13,16-19,22H2,1-2H3. The number of thiophene rings is 2. The Bertz CT molecular complexity index is 1090. The van der Waals surface area contributed by atoms with E-state index in [2.05, 4.69) is 48.9 Å². The van der Waals surface area contributed by atoms with Gasteiger partial charge in [-0.15, -0.1) is 22.7 Å². The number of rotatable bonds is 7. The smallest absolute Gasteiger partial charge is 0.259 e. The molecule has 5 rings (SSSR count). The van der Waals surface area contributed by atoms with Gasteiger partial charge in [-0.2, -0.15) is 0 Å². The minimum atomic E-state index is -1.42. The minimum Gasteiger partial charge on any atom is -0.375 e. The third kappa shape index (κ3) is 4.63. The quantitative estimate of drug-likeness (QED) is 0.370. The molecule has 3 heterocycles. The first kappa shape index (κ1) is 24.7. The molecule has 2 aromatic heterocycles. The lowest BCUT2D eigenvalue weighted by Gasteiger charge is -2.47. The van der Waals surface area contributed by atoms with E-state index in [1.807, 2.05) is 57.9 Å². The summed E-state index contributed by atoms with van der Waals surface area (Å²) in [6.07, 6.45) is 6.94. The van der Waals surface area contributed by atoms with Gasteiger partial charge in [0, 0.05) is 34.2 Å². The van der Waals surface area contributed by atoms with E-state index >= 15 is 0 Å². The van der Waals surface area contributed by atoms with E-state index in [1.54, 1.807) is 0 Å². The van der Waals surface area contributed by atoms with Crippen molar-refractivity contribution in [2.75, 3.05) is 13.1 Å². The average Bonchev–Trinajstić information content (AvgIpc) is 3.67. The first-order valence-corrected chi connectivity index (χ1v) is 14.8. The van der Waals surface area contributed by atoms with Crippen molar-refractivity contribution in [1.29, 1.82) is 0 Å². The zero-order valence-electron chi connectivity index (χ0n) is 20.9. The number of hydrogen-bond donors (Lipinski definition) is 1. The van der Waals surface area contributed by atoms with Gasteiger partial charge in [0.25, 0.3) is 5.91 Å². The molecular weight excluding hydrogens is 470 g/mol. The van der Waals surface area contributed by atoms with Gasteiger partial charge in [-0.05, 0) is 66.0 Å². The predicted molar refractivity (Wildman–Crippen MR) is 146 cm³/mol. The van der Waals surface area contributed by atoms with Crippen LogP contribution in [0.1, 0.15) is 74.1 Å². The molecule has 1 aliphatic heterocycles. The van der Waals surface area contributed by atoms with Gasteiger partial charge in [0.15, 0.2) is 5.60 Å². The van der Waals surface area contributed by atoms with Gasteiger partial charge in [-0.3, -0.25) is 4.79 Å². The van der Waals surface area contributed by atoms with Crippen molar-refractivity contribution < 1.29 is 9.90 Å². The van der Waals surface area contributed by atoms with Crippen LogP contribution in [0.25, 0.3) is 0 Å². The second kappa shape index (κ2) is 9.84. The fourth-order valence-electron chi connectivity index (χ4n) is 6.64. The lowest BCUT2D eigenvalue weighted by atomic mass is 9.66. The van der Waals surface area contributed by atoms with Gasteiger partial charge in [0.05, 0.1) is 0 Å². The number of nitrogens with zero attached hydrogens (tertiary/aromatic N) is 1. The van der Waals surface area contributed by atoms with Crippen molar-refractivity contribution >= 4 is 28.6 Å². The fraction of sp³-hybridized carbons (Fsp3) is 0.500. The second-order valence-electron chi connectivity index (χ2n) is 11.2. The highest BCUT2D eigenvalue weighted by molar-refractivity contribution is 7.10. The molecule has 0 radical (unpaired) electrons. The van der Waals surface area contributed by atoms with E-state index in [1.165, 1.54) is 9.75 Å². The van der Waals surface area contributed by atoms with Crippen molar-refractivity contribution in [3.63, 3.8) is 0 Å². The van der Waals surface area contributed by atoms with Gasteiger partial charge in [-0.1, -0.05) is 69.2 Å². The maximum Gasteiger partial charge on any atom is 0.259 e. The van der Waals surface area contributed by atoms with Crippen LogP contribution < -0.4 is 0 Å². The van der Waals surface area contributed by atoms with Gasteiger partial charge >= 0.3 is 0 Å². The highest BCUT2D eigenvalue weighted by atomic mass is 32.1. The van der Waals surface area contributed by atoms with Crippen LogP contribution in [0.2, 0.25) is 0 Å². The van der Waals surface area contributed by atoms with Gasteiger partial charge in [0.1, 0.15) is 0 Å². The summed E-state index contributed by atoms with van der Waals surface area (Å²) in [5.41, 5.74) is -0.544. The molecule has 3 nitrogen and oxygen atoms in total. The Hall–Kier alpha value is -1.95. The SMILES string of the molecule is CC(C)(CC1(c2cccs2)CCN(C(=O)C(O)(c2ccccc2)C2CCCC2)CC1)c1cccs1. The number of carbonyl (C=O) groups is 1. The van der Waals surface area contributed by atoms with E-state index in [4.69, 9.17) is 0 Å². The molecule has 1 saturated heterocycles. The third-order valence-electron chi connectivity index (χ3n) is 8.51. The van der Waals surface area contributed by atoms with Gasteiger partial charge < -0.3 is 10.0 Å². The van der Waals surface area contributed by atoms with Crippen LogP contribution in [0.5, 0.6) is 0 Å². The Morgan fingerprint density at radius 3 is 2.23 bits per heavy atom. The number of carbonyl (C=O) groups excluding carboxylic acids is 1. The summed E-state index contributed by atoms with van der Waals surface area (Å²) < 4.78 is 0. The molecule has 5 heteroatoms. The molecule has 1 N–H and O–H groups in total. The highest BCUT2D eigenvalue weighted by Gasteiger charge is 2.50. The highest BCUT2D eigenvalue weighted by Crippen LogP contribution is 2.49. The maximum absolute atomic E-state index is 14.1. The molecule has 1 unspecified atom stereocenters. The maximum atomic E-state index is 14.1. The third-order valence-corrected chi connectivity index (χ3v) is 10.9. The lowest BCUT2D eigenvalue weighted by Crippen LogP contribution is -2.55. The molecule has 35 heavy (non-hydrogen) atoms. The number of amides is 1. The molecule has 1 atom stereocenters. The zero-order valence-corrected chi connectivity index (χ0v) is 22.5. The van der Waals surface area contributed by atoms with E-state index < -0.39 is 5.60 Å². The van der Waals surface area contributed by atoms with E-state index in [9.17, 15) is 9.90 Å². The van der Waals surface area contributed by atoms with Crippen molar-refractivity contribution in [2.45, 2.75) is 75.2 Å². The predicted octanol–water partition coefficient (Wildman–Crippen LogP) is 7.12. The summed E-state index contributed by atoms with van der Waals surface area (Å²) in [5, 5.41) is 16.4. The monoisotopic (exact) mass is 507 g/mol. The van der Waals surface area contributed by atoms with Crippen LogP contribution in [-0.2, 0) is 21.2 Å². The fourth-order valence-corrected chi connectivity index (χ4v) is 8.48. The number of aliphatic hydroxyl groups is 1. The van der Waals surface area contributed by atoms with Gasteiger partial charge in [-0.25, -0.2) is 0 Å². The summed E-state index contributed by atoms with van der Waals surface area (Å²) in [5.74, 6) is -0.0907. The normalized spacial score (nSPS) is 20.6. The van der Waals surface area contributed by atoms with E-state index in [0.29, 0.717) is 13.1 Å². The molecular formula is C30H37NO2S2. The van der Waals surface area contributed by atoms with Crippen molar-refractivity contribution in [3.05, 3.63) is 80.7 Å². The van der Waals surface area contributed by atoms with Crippen LogP contribution in [0.4, 0.5) is 0 Å². The summed E-state index contributed by atoms with van der Waals surface area (Å²) in [6, 6.07) is 18.5. The van der Waals surface area contributed by atoms with E-state index in [-0.39, 0.29) is 22.7 Å². The lowest BCUT2D eigenvalue weighted by molar-refractivity contribution is -0.161. The Morgan fingerprint density at radius 2 is 1.63 bits per heavy atom. The molecule has 0 bridgehead atoms. The minimum absolute atomic E-state index is 0.000795. The van der Waals surface area contributed by atoms with Crippen molar-refractivity contribution in [1.82, 2.24) is 4.90 Å². The van der Waals surface area contributed by atoms with Crippen LogP contribution >= 0.6 is 22.7 Å². The number of hydrogen-bond acceptors (Lipinski definition) is 4. The Balaban J connectivity index is 1.40. The summed E-state index contributed by atoms with van der Waals surface area (Å²) in [6.45, 7) is 6.11. The zero-order chi connectivity index (χ0) is 24.5. The molecule has 1 aliphatic carbocycles. The Morgan fingerprint density at radius 1 is 0.971 bits per heavy atom. The first-order chi connectivity index (χ1) is 16.9. The van der Waals surface area contributed by atoms with Crippen LogP contribution in [0.15, 0.2) is 65.4 Å².